The zero-order valence-corrected chi connectivity index (χ0v) is 20.1. The summed E-state index contributed by atoms with van der Waals surface area (Å²) in [4.78, 5) is 19.8. The molecule has 1 N–H and O–H groups in total. The summed E-state index contributed by atoms with van der Waals surface area (Å²) in [5.41, 5.74) is 1.00. The third-order valence-corrected chi connectivity index (χ3v) is 4.32. The topological polar surface area (TPSA) is 57.2 Å². The second kappa shape index (κ2) is 14.3. The molecule has 0 unspecified atom stereocenters. The van der Waals surface area contributed by atoms with E-state index in [1.54, 1.807) is 20.2 Å². The fraction of sp³-hybridized carbons (Fsp3) is 0.556. The molecule has 0 heterocycles. The van der Waals surface area contributed by atoms with Gasteiger partial charge in [0.05, 0.1) is 10.0 Å². The molecule has 0 radical (unpaired) electrons. The number of hydrogen-bond acceptors (Lipinski definition) is 3. The van der Waals surface area contributed by atoms with Crippen LogP contribution in [0.4, 0.5) is 0 Å². The molecule has 0 bridgehead atoms. The van der Waals surface area contributed by atoms with Crippen LogP contribution in [-0.4, -0.2) is 69.1 Å². The van der Waals surface area contributed by atoms with Gasteiger partial charge in [-0.25, -0.2) is 4.99 Å². The fourth-order valence-corrected chi connectivity index (χ4v) is 2.42. The van der Waals surface area contributed by atoms with E-state index in [1.807, 2.05) is 31.0 Å². The van der Waals surface area contributed by atoms with Gasteiger partial charge in [-0.1, -0.05) is 29.3 Å². The average molecular weight is 531 g/mol. The number of guanidine groups is 1. The Morgan fingerprint density at radius 2 is 1.93 bits per heavy atom. The molecule has 0 aliphatic heterocycles. The van der Waals surface area contributed by atoms with Gasteiger partial charge < -0.3 is 19.9 Å². The largest absolute Gasteiger partial charge is 0.382 e. The van der Waals surface area contributed by atoms with Crippen molar-refractivity contribution in [2.75, 3.05) is 47.4 Å². The van der Waals surface area contributed by atoms with Gasteiger partial charge in [0.1, 0.15) is 6.54 Å². The predicted octanol–water partition coefficient (Wildman–Crippen LogP) is 3.50. The first-order chi connectivity index (χ1) is 12.3. The van der Waals surface area contributed by atoms with Crippen LogP contribution < -0.4 is 5.32 Å². The van der Waals surface area contributed by atoms with E-state index in [2.05, 4.69) is 10.3 Å². The van der Waals surface area contributed by atoms with Crippen LogP contribution in [0.2, 0.25) is 10.0 Å². The standard InChI is InChI=1S/C18H28Cl2N4O2.HI/c1-5-26-10-6-9-21-18(22-12-17(25)23(2)3)24(4)13-14-7-8-15(19)16(20)11-14;/h7-8,11H,5-6,9-10,12-13H2,1-4H3,(H,21,22);1H. The molecule has 0 aliphatic carbocycles. The van der Waals surface area contributed by atoms with E-state index in [-0.39, 0.29) is 36.4 Å². The van der Waals surface area contributed by atoms with Crippen LogP contribution in [-0.2, 0) is 16.1 Å². The molecule has 0 saturated carbocycles. The monoisotopic (exact) mass is 530 g/mol. The zero-order chi connectivity index (χ0) is 19.5. The van der Waals surface area contributed by atoms with Gasteiger partial charge in [-0.05, 0) is 31.0 Å². The predicted molar refractivity (Wildman–Crippen MR) is 123 cm³/mol. The lowest BCUT2D eigenvalue weighted by molar-refractivity contribution is -0.127. The zero-order valence-electron chi connectivity index (χ0n) is 16.3. The first kappa shape index (κ1) is 26.2. The van der Waals surface area contributed by atoms with Gasteiger partial charge in [0.25, 0.3) is 0 Å². The van der Waals surface area contributed by atoms with Gasteiger partial charge in [0, 0.05) is 47.4 Å². The fourth-order valence-electron chi connectivity index (χ4n) is 2.10. The average Bonchev–Trinajstić information content (AvgIpc) is 2.60. The van der Waals surface area contributed by atoms with Crippen molar-refractivity contribution in [3.05, 3.63) is 33.8 Å². The molecule has 154 valence electrons. The van der Waals surface area contributed by atoms with Crippen molar-refractivity contribution >= 4 is 59.0 Å². The van der Waals surface area contributed by atoms with E-state index in [0.717, 1.165) is 12.0 Å². The highest BCUT2D eigenvalue weighted by Crippen LogP contribution is 2.23. The Labute approximate surface area is 189 Å². The van der Waals surface area contributed by atoms with E-state index in [1.165, 1.54) is 4.90 Å². The van der Waals surface area contributed by atoms with Crippen LogP contribution >= 0.6 is 47.2 Å². The minimum absolute atomic E-state index is 0. The number of aliphatic imine (C=N–C) groups is 1. The van der Waals surface area contributed by atoms with Crippen molar-refractivity contribution in [1.82, 2.24) is 15.1 Å². The molecule has 0 atom stereocenters. The van der Waals surface area contributed by atoms with Crippen LogP contribution in [0.25, 0.3) is 0 Å². The highest BCUT2D eigenvalue weighted by molar-refractivity contribution is 14.0. The Bertz CT molecular complexity index is 615. The van der Waals surface area contributed by atoms with E-state index in [0.29, 0.717) is 42.3 Å². The summed E-state index contributed by atoms with van der Waals surface area (Å²) in [6.07, 6.45) is 0.856. The molecule has 1 rings (SSSR count). The number of halogens is 3. The minimum atomic E-state index is -0.0541. The summed E-state index contributed by atoms with van der Waals surface area (Å²) in [5, 5.41) is 4.33. The van der Waals surface area contributed by atoms with Crippen molar-refractivity contribution in [3.8, 4) is 0 Å². The van der Waals surface area contributed by atoms with Gasteiger partial charge in [0.2, 0.25) is 5.91 Å². The van der Waals surface area contributed by atoms with Crippen LogP contribution in [0.5, 0.6) is 0 Å². The summed E-state index contributed by atoms with van der Waals surface area (Å²) in [7, 11) is 5.34. The Hall–Kier alpha value is -0.770. The summed E-state index contributed by atoms with van der Waals surface area (Å²) >= 11 is 12.1. The Morgan fingerprint density at radius 3 is 2.52 bits per heavy atom. The smallest absolute Gasteiger partial charge is 0.243 e. The van der Waals surface area contributed by atoms with Crippen LogP contribution in [0.3, 0.4) is 0 Å². The number of nitrogens with zero attached hydrogens (tertiary/aromatic N) is 3. The van der Waals surface area contributed by atoms with Gasteiger partial charge in [-0.15, -0.1) is 24.0 Å². The lowest BCUT2D eigenvalue weighted by Gasteiger charge is -2.23. The molecule has 0 aliphatic rings. The number of ether oxygens (including phenoxy) is 1. The highest BCUT2D eigenvalue weighted by atomic mass is 127. The van der Waals surface area contributed by atoms with Gasteiger partial charge in [0.15, 0.2) is 5.96 Å². The first-order valence-electron chi connectivity index (χ1n) is 8.56. The van der Waals surface area contributed by atoms with Crippen molar-refractivity contribution in [2.24, 2.45) is 4.99 Å². The third kappa shape index (κ3) is 10.4. The summed E-state index contributed by atoms with van der Waals surface area (Å²) < 4.78 is 5.34. The number of carbonyl (C=O) groups is 1. The third-order valence-electron chi connectivity index (χ3n) is 3.58. The highest BCUT2D eigenvalue weighted by Gasteiger charge is 2.10. The number of carbonyl (C=O) groups excluding carboxylic acids is 1. The molecule has 0 saturated heterocycles. The molecule has 1 amide bonds. The second-order valence-electron chi connectivity index (χ2n) is 6.01. The molecular weight excluding hydrogens is 502 g/mol. The molecule has 0 fully saturated rings. The van der Waals surface area contributed by atoms with Gasteiger partial charge in [-0.3, -0.25) is 4.79 Å². The van der Waals surface area contributed by atoms with E-state index in [9.17, 15) is 4.79 Å². The lowest BCUT2D eigenvalue weighted by Crippen LogP contribution is -2.40. The lowest BCUT2D eigenvalue weighted by atomic mass is 10.2. The van der Waals surface area contributed by atoms with Crippen molar-refractivity contribution in [2.45, 2.75) is 19.9 Å². The van der Waals surface area contributed by atoms with Crippen LogP contribution in [0, 0.1) is 0 Å². The van der Waals surface area contributed by atoms with Crippen molar-refractivity contribution < 1.29 is 9.53 Å². The maximum atomic E-state index is 11.8. The summed E-state index contributed by atoms with van der Waals surface area (Å²) in [6, 6.07) is 5.52. The first-order valence-corrected chi connectivity index (χ1v) is 9.32. The van der Waals surface area contributed by atoms with Crippen molar-refractivity contribution in [3.63, 3.8) is 0 Å². The second-order valence-corrected chi connectivity index (χ2v) is 6.82. The molecule has 0 spiro atoms. The Morgan fingerprint density at radius 1 is 1.22 bits per heavy atom. The molecule has 6 nitrogen and oxygen atoms in total. The number of rotatable bonds is 9. The van der Waals surface area contributed by atoms with E-state index in [4.69, 9.17) is 27.9 Å². The number of benzene rings is 1. The van der Waals surface area contributed by atoms with E-state index < -0.39 is 0 Å². The number of likely N-dealkylation sites (N-methyl/N-ethyl adjacent to an activating group) is 1. The van der Waals surface area contributed by atoms with Crippen molar-refractivity contribution in [1.29, 1.82) is 0 Å². The Kier molecular flexibility index (Phi) is 13.9. The maximum Gasteiger partial charge on any atom is 0.243 e. The SMILES string of the molecule is CCOCCCNC(=NCC(=O)N(C)C)N(C)Cc1ccc(Cl)c(Cl)c1.I. The molecule has 1 aromatic rings. The van der Waals surface area contributed by atoms with Crippen LogP contribution in [0.1, 0.15) is 18.9 Å². The molecular formula is C18H29Cl2IN4O2. The van der Waals surface area contributed by atoms with Gasteiger partial charge in [-0.2, -0.15) is 0 Å². The number of nitrogens with one attached hydrogen (secondary N) is 1. The summed E-state index contributed by atoms with van der Waals surface area (Å²) in [6.45, 7) is 4.75. The molecule has 9 heteroatoms. The number of hydrogen-bond donors (Lipinski definition) is 1. The van der Waals surface area contributed by atoms with Crippen LogP contribution in [0.15, 0.2) is 23.2 Å². The van der Waals surface area contributed by atoms with Gasteiger partial charge >= 0.3 is 0 Å². The molecule has 0 aromatic heterocycles. The molecule has 27 heavy (non-hydrogen) atoms. The molecule has 1 aromatic carbocycles. The quantitative estimate of drug-likeness (QED) is 0.230. The maximum absolute atomic E-state index is 11.8. The van der Waals surface area contributed by atoms with E-state index >= 15 is 0 Å². The summed E-state index contributed by atoms with van der Waals surface area (Å²) in [5.74, 6) is 0.601. The normalized spacial score (nSPS) is 11.0. The number of amides is 1. The Balaban J connectivity index is 0.00000676. The minimum Gasteiger partial charge on any atom is -0.382 e.